The summed E-state index contributed by atoms with van der Waals surface area (Å²) in [4.78, 5) is 45.6. The number of carbonyl (C=O) groups is 3. The third kappa shape index (κ3) is 1.88. The largest absolute Gasteiger partial charge is 0.465 e. The number of ether oxygens (including phenoxy) is 1. The zero-order chi connectivity index (χ0) is 14.2. The van der Waals surface area contributed by atoms with Crippen molar-refractivity contribution in [1.29, 1.82) is 0 Å². The summed E-state index contributed by atoms with van der Waals surface area (Å²) in [6.07, 6.45) is 0. The lowest BCUT2D eigenvalue weighted by Gasteiger charge is -2.05. The van der Waals surface area contributed by atoms with Crippen molar-refractivity contribution in [1.82, 2.24) is 0 Å². The second-order valence-corrected chi connectivity index (χ2v) is 3.87. The first-order valence-electron chi connectivity index (χ1n) is 5.51. The molecule has 1 unspecified atom stereocenters. The van der Waals surface area contributed by atoms with Crippen LogP contribution in [0.2, 0.25) is 0 Å². The summed E-state index contributed by atoms with van der Waals surface area (Å²) < 4.78 is 4.65. The van der Waals surface area contributed by atoms with Crippen molar-refractivity contribution < 1.29 is 24.0 Å². The number of hydrogen-bond acceptors (Lipinski definition) is 6. The summed E-state index contributed by atoms with van der Waals surface area (Å²) >= 11 is 0. The number of nitro benzene ring substituents is 1. The van der Waals surface area contributed by atoms with Crippen molar-refractivity contribution in [3.05, 3.63) is 39.4 Å². The molecule has 0 heterocycles. The normalized spacial score (nSPS) is 17.2. The van der Waals surface area contributed by atoms with Crippen LogP contribution >= 0.6 is 0 Å². The van der Waals surface area contributed by atoms with Gasteiger partial charge in [-0.15, -0.1) is 0 Å². The SMILES string of the molecule is CCOC(=O)C1C(=O)c2cccc([N+](=O)[O-])c2C1=O. The quantitative estimate of drug-likeness (QED) is 0.350. The lowest BCUT2D eigenvalue weighted by Crippen LogP contribution is -2.27. The van der Waals surface area contributed by atoms with Crippen molar-refractivity contribution in [2.24, 2.45) is 5.92 Å². The predicted molar refractivity (Wildman–Crippen MR) is 61.9 cm³/mol. The molecule has 2 rings (SSSR count). The Labute approximate surface area is 107 Å². The monoisotopic (exact) mass is 263 g/mol. The van der Waals surface area contributed by atoms with E-state index in [9.17, 15) is 24.5 Å². The molecule has 0 amide bonds. The Bertz CT molecular complexity index is 606. The molecular formula is C12H9NO6. The highest BCUT2D eigenvalue weighted by Gasteiger charge is 2.47. The zero-order valence-corrected chi connectivity index (χ0v) is 9.91. The van der Waals surface area contributed by atoms with Crippen LogP contribution in [0, 0.1) is 16.0 Å². The molecule has 7 heteroatoms. The molecule has 0 spiro atoms. The first-order chi connectivity index (χ1) is 8.99. The van der Waals surface area contributed by atoms with E-state index in [0.29, 0.717) is 0 Å². The lowest BCUT2D eigenvalue weighted by molar-refractivity contribution is -0.385. The van der Waals surface area contributed by atoms with Crippen LogP contribution in [0.4, 0.5) is 5.69 Å². The van der Waals surface area contributed by atoms with Crippen molar-refractivity contribution in [2.45, 2.75) is 6.92 Å². The average Bonchev–Trinajstić information content (AvgIpc) is 2.62. The van der Waals surface area contributed by atoms with Crippen molar-refractivity contribution >= 4 is 23.2 Å². The Hall–Kier alpha value is -2.57. The van der Waals surface area contributed by atoms with E-state index >= 15 is 0 Å². The van der Waals surface area contributed by atoms with Gasteiger partial charge in [-0.1, -0.05) is 12.1 Å². The maximum Gasteiger partial charge on any atom is 0.324 e. The minimum atomic E-state index is -1.61. The summed E-state index contributed by atoms with van der Waals surface area (Å²) in [7, 11) is 0. The molecule has 0 saturated carbocycles. The van der Waals surface area contributed by atoms with Crippen molar-refractivity contribution in [3.63, 3.8) is 0 Å². The fraction of sp³-hybridized carbons (Fsp3) is 0.250. The molecule has 0 radical (unpaired) electrons. The molecule has 1 aromatic carbocycles. The Morgan fingerprint density at radius 1 is 1.37 bits per heavy atom. The van der Waals surface area contributed by atoms with Gasteiger partial charge in [-0.25, -0.2) is 0 Å². The maximum absolute atomic E-state index is 12.0. The van der Waals surface area contributed by atoms with E-state index in [-0.39, 0.29) is 17.7 Å². The second-order valence-electron chi connectivity index (χ2n) is 3.87. The van der Waals surface area contributed by atoms with E-state index in [1.807, 2.05) is 0 Å². The minimum Gasteiger partial charge on any atom is -0.465 e. The molecule has 1 aliphatic rings. The van der Waals surface area contributed by atoms with E-state index in [2.05, 4.69) is 4.74 Å². The van der Waals surface area contributed by atoms with Gasteiger partial charge in [0.05, 0.1) is 11.5 Å². The lowest BCUT2D eigenvalue weighted by atomic mass is 10.0. The predicted octanol–water partition coefficient (Wildman–Crippen LogP) is 1.15. The van der Waals surface area contributed by atoms with E-state index in [0.717, 1.165) is 6.07 Å². The average molecular weight is 263 g/mol. The third-order valence-electron chi connectivity index (χ3n) is 2.80. The van der Waals surface area contributed by atoms with E-state index in [4.69, 9.17) is 0 Å². The highest BCUT2D eigenvalue weighted by atomic mass is 16.6. The van der Waals surface area contributed by atoms with Gasteiger partial charge in [0.15, 0.2) is 17.5 Å². The van der Waals surface area contributed by atoms with Crippen LogP contribution in [-0.2, 0) is 9.53 Å². The number of fused-ring (bicyclic) bond motifs is 1. The summed E-state index contributed by atoms with van der Waals surface area (Å²) in [6, 6.07) is 3.72. The third-order valence-corrected chi connectivity index (χ3v) is 2.80. The van der Waals surface area contributed by atoms with Crippen molar-refractivity contribution in [3.8, 4) is 0 Å². The Balaban J connectivity index is 2.53. The van der Waals surface area contributed by atoms with E-state index in [1.54, 1.807) is 0 Å². The molecule has 0 aliphatic heterocycles. The van der Waals surface area contributed by atoms with Gasteiger partial charge in [0.2, 0.25) is 0 Å². The summed E-state index contributed by atoms with van der Waals surface area (Å²) in [5.41, 5.74) is -0.879. The van der Waals surface area contributed by atoms with Gasteiger partial charge in [0, 0.05) is 11.6 Å². The van der Waals surface area contributed by atoms with Gasteiger partial charge in [-0.05, 0) is 6.92 Å². The molecule has 0 N–H and O–H groups in total. The molecule has 0 aromatic heterocycles. The minimum absolute atomic E-state index is 0.0222. The standard InChI is InChI=1S/C12H9NO6/c1-2-19-12(16)9-10(14)6-4-3-5-7(13(17)18)8(6)11(9)15/h3-5,9H,2H2,1H3. The Kier molecular flexibility index (Phi) is 3.12. The maximum atomic E-state index is 12.0. The Morgan fingerprint density at radius 3 is 2.63 bits per heavy atom. The first-order valence-corrected chi connectivity index (χ1v) is 5.51. The molecular weight excluding hydrogens is 254 g/mol. The Morgan fingerprint density at radius 2 is 2.05 bits per heavy atom. The number of nitro groups is 1. The zero-order valence-electron chi connectivity index (χ0n) is 9.91. The molecule has 0 saturated heterocycles. The molecule has 1 aromatic rings. The first kappa shape index (κ1) is 12.9. The topological polar surface area (TPSA) is 104 Å². The number of ketones is 2. The van der Waals surface area contributed by atoms with Crippen LogP contribution in [0.3, 0.4) is 0 Å². The number of esters is 1. The number of Topliss-reactive ketones (excluding diaryl/α,β-unsaturated/α-hetero) is 2. The fourth-order valence-corrected chi connectivity index (χ4v) is 2.02. The summed E-state index contributed by atoms with van der Waals surface area (Å²) in [5, 5.41) is 10.8. The highest BCUT2D eigenvalue weighted by Crippen LogP contribution is 2.34. The van der Waals surface area contributed by atoms with Gasteiger partial charge < -0.3 is 4.74 Å². The van der Waals surface area contributed by atoms with Crippen LogP contribution in [0.1, 0.15) is 27.6 Å². The van der Waals surface area contributed by atoms with Crippen LogP contribution in [-0.4, -0.2) is 29.1 Å². The molecule has 1 atom stereocenters. The smallest absolute Gasteiger partial charge is 0.324 e. The van der Waals surface area contributed by atoms with Gasteiger partial charge in [-0.2, -0.15) is 0 Å². The van der Waals surface area contributed by atoms with E-state index < -0.39 is 34.1 Å². The van der Waals surface area contributed by atoms with Gasteiger partial charge in [0.25, 0.3) is 5.69 Å². The summed E-state index contributed by atoms with van der Waals surface area (Å²) in [5.74, 6) is -4.20. The number of nitrogens with zero attached hydrogens (tertiary/aromatic N) is 1. The van der Waals surface area contributed by atoms with Crippen LogP contribution in [0.5, 0.6) is 0 Å². The number of carbonyl (C=O) groups excluding carboxylic acids is 3. The molecule has 19 heavy (non-hydrogen) atoms. The van der Waals surface area contributed by atoms with Crippen LogP contribution in [0.25, 0.3) is 0 Å². The summed E-state index contributed by atoms with van der Waals surface area (Å²) in [6.45, 7) is 1.56. The van der Waals surface area contributed by atoms with Gasteiger partial charge in [-0.3, -0.25) is 24.5 Å². The molecule has 1 aliphatic carbocycles. The van der Waals surface area contributed by atoms with Gasteiger partial charge >= 0.3 is 5.97 Å². The van der Waals surface area contributed by atoms with Crippen LogP contribution < -0.4 is 0 Å². The molecule has 98 valence electrons. The van der Waals surface area contributed by atoms with Crippen LogP contribution in [0.15, 0.2) is 18.2 Å². The molecule has 0 fully saturated rings. The van der Waals surface area contributed by atoms with Gasteiger partial charge in [0.1, 0.15) is 5.56 Å². The molecule has 0 bridgehead atoms. The molecule has 7 nitrogen and oxygen atoms in total. The van der Waals surface area contributed by atoms with Crippen molar-refractivity contribution in [2.75, 3.05) is 6.61 Å². The number of benzene rings is 1. The number of hydrogen-bond donors (Lipinski definition) is 0. The highest BCUT2D eigenvalue weighted by molar-refractivity contribution is 6.35. The fourth-order valence-electron chi connectivity index (χ4n) is 2.02. The second kappa shape index (κ2) is 4.60. The number of rotatable bonds is 3. The van der Waals surface area contributed by atoms with E-state index in [1.165, 1.54) is 19.1 Å².